The van der Waals surface area contributed by atoms with Gasteiger partial charge < -0.3 is 0 Å². The number of benzene rings is 1. The van der Waals surface area contributed by atoms with E-state index in [0.717, 1.165) is 23.7 Å². The van der Waals surface area contributed by atoms with E-state index in [1.54, 1.807) is 6.07 Å². The second kappa shape index (κ2) is 5.40. The van der Waals surface area contributed by atoms with Crippen molar-refractivity contribution in [3.63, 3.8) is 0 Å². The van der Waals surface area contributed by atoms with Gasteiger partial charge in [-0.25, -0.2) is 9.37 Å². The molecule has 1 aromatic heterocycles. The van der Waals surface area contributed by atoms with Crippen LogP contribution in [0.5, 0.6) is 0 Å². The summed E-state index contributed by atoms with van der Waals surface area (Å²) in [5, 5.41) is 0.885. The smallest absolute Gasteiger partial charge is 0.145 e. The first-order valence-electron chi connectivity index (χ1n) is 7.76. The molecule has 2 aromatic rings. The first-order valence-corrected chi connectivity index (χ1v) is 7.76. The molecular weight excluding hydrogens is 261 g/mol. The lowest BCUT2D eigenvalue weighted by Crippen LogP contribution is -2.20. The van der Waals surface area contributed by atoms with E-state index in [-0.39, 0.29) is 16.6 Å². The molecule has 0 saturated heterocycles. The van der Waals surface area contributed by atoms with E-state index in [4.69, 9.17) is 0 Å². The van der Waals surface area contributed by atoms with Gasteiger partial charge in [-0.2, -0.15) is 0 Å². The second-order valence-electron chi connectivity index (χ2n) is 7.61. The maximum Gasteiger partial charge on any atom is 0.145 e. The predicted molar refractivity (Wildman–Crippen MR) is 88.3 cm³/mol. The van der Waals surface area contributed by atoms with Gasteiger partial charge in [-0.1, -0.05) is 54.0 Å². The fraction of sp³-hybridized carbons (Fsp3) is 0.526. The van der Waals surface area contributed by atoms with Crippen molar-refractivity contribution in [3.8, 4) is 0 Å². The average molecular weight is 287 g/mol. The lowest BCUT2D eigenvalue weighted by molar-refractivity contribution is 0.431. The molecule has 0 aliphatic carbocycles. The Balaban J connectivity index is 2.58. The van der Waals surface area contributed by atoms with E-state index < -0.39 is 0 Å². The summed E-state index contributed by atoms with van der Waals surface area (Å²) in [6.45, 7) is 12.7. The van der Waals surface area contributed by atoms with Crippen LogP contribution in [0, 0.1) is 5.82 Å². The lowest BCUT2D eigenvalue weighted by Gasteiger charge is -2.25. The van der Waals surface area contributed by atoms with Crippen molar-refractivity contribution in [1.82, 2.24) is 4.98 Å². The Morgan fingerprint density at radius 1 is 1.05 bits per heavy atom. The molecule has 21 heavy (non-hydrogen) atoms. The van der Waals surface area contributed by atoms with Crippen molar-refractivity contribution < 1.29 is 4.39 Å². The Morgan fingerprint density at radius 3 is 2.29 bits per heavy atom. The van der Waals surface area contributed by atoms with E-state index in [1.807, 2.05) is 6.07 Å². The summed E-state index contributed by atoms with van der Waals surface area (Å²) in [7, 11) is 0. The molecule has 2 heteroatoms. The van der Waals surface area contributed by atoms with Crippen LogP contribution >= 0.6 is 0 Å². The number of rotatable bonds is 3. The Bertz CT molecular complexity index is 650. The quantitative estimate of drug-likeness (QED) is 0.700. The average Bonchev–Trinajstić information content (AvgIpc) is 2.35. The van der Waals surface area contributed by atoms with Crippen LogP contribution in [-0.4, -0.2) is 4.98 Å². The zero-order chi connectivity index (χ0) is 15.8. The molecule has 0 fully saturated rings. The van der Waals surface area contributed by atoms with Crippen molar-refractivity contribution in [3.05, 3.63) is 41.3 Å². The Labute approximate surface area is 127 Å². The first-order chi connectivity index (χ1) is 9.65. The molecule has 0 amide bonds. The summed E-state index contributed by atoms with van der Waals surface area (Å²) in [5.41, 5.74) is 2.50. The molecule has 0 radical (unpaired) electrons. The molecule has 0 aliphatic heterocycles. The topological polar surface area (TPSA) is 12.9 Å². The van der Waals surface area contributed by atoms with E-state index in [2.05, 4.69) is 58.7 Å². The zero-order valence-corrected chi connectivity index (χ0v) is 14.0. The zero-order valence-electron chi connectivity index (χ0n) is 14.0. The summed E-state index contributed by atoms with van der Waals surface area (Å²) in [5.74, 6) is -0.188. The largest absolute Gasteiger partial charge is 0.249 e. The summed E-state index contributed by atoms with van der Waals surface area (Å²) < 4.78 is 14.5. The fourth-order valence-electron chi connectivity index (χ4n) is 2.84. The molecule has 0 spiro atoms. The molecule has 1 nitrogen and oxygen atoms in total. The number of aromatic nitrogens is 1. The maximum atomic E-state index is 14.5. The van der Waals surface area contributed by atoms with Gasteiger partial charge >= 0.3 is 0 Å². The van der Waals surface area contributed by atoms with Crippen LogP contribution in [-0.2, 0) is 10.8 Å². The molecule has 0 bridgehead atoms. The van der Waals surface area contributed by atoms with Gasteiger partial charge in [0.2, 0.25) is 0 Å². The first kappa shape index (κ1) is 15.9. The van der Waals surface area contributed by atoms with Gasteiger partial charge in [0, 0.05) is 10.8 Å². The van der Waals surface area contributed by atoms with E-state index >= 15 is 0 Å². The van der Waals surface area contributed by atoms with Crippen LogP contribution in [0.3, 0.4) is 0 Å². The monoisotopic (exact) mass is 287 g/mol. The van der Waals surface area contributed by atoms with E-state index in [0.29, 0.717) is 5.69 Å². The minimum absolute atomic E-state index is 0.0603. The van der Waals surface area contributed by atoms with E-state index in [1.165, 1.54) is 5.56 Å². The van der Waals surface area contributed by atoms with Gasteiger partial charge in [-0.3, -0.25) is 0 Å². The van der Waals surface area contributed by atoms with Gasteiger partial charge in [0.1, 0.15) is 5.82 Å². The molecule has 1 aromatic carbocycles. The third-order valence-corrected chi connectivity index (χ3v) is 4.15. The van der Waals surface area contributed by atoms with Gasteiger partial charge in [-0.05, 0) is 35.6 Å². The highest BCUT2D eigenvalue weighted by Crippen LogP contribution is 2.32. The number of nitrogens with zero attached hydrogens (tertiary/aromatic N) is 1. The summed E-state index contributed by atoms with van der Waals surface area (Å²) in [4.78, 5) is 4.61. The van der Waals surface area contributed by atoms with Crippen molar-refractivity contribution >= 4 is 10.9 Å². The molecule has 0 unspecified atom stereocenters. The highest BCUT2D eigenvalue weighted by atomic mass is 19.1. The van der Waals surface area contributed by atoms with Gasteiger partial charge in [0.05, 0.1) is 11.2 Å². The minimum atomic E-state index is -0.226. The van der Waals surface area contributed by atoms with Crippen LogP contribution < -0.4 is 0 Å². The molecule has 2 rings (SSSR count). The Kier molecular flexibility index (Phi) is 4.10. The molecule has 0 atom stereocenters. The Morgan fingerprint density at radius 2 is 1.71 bits per heavy atom. The highest BCUT2D eigenvalue weighted by molar-refractivity contribution is 5.80. The van der Waals surface area contributed by atoms with Gasteiger partial charge in [-0.15, -0.1) is 0 Å². The normalized spacial score (nSPS) is 12.9. The van der Waals surface area contributed by atoms with Crippen molar-refractivity contribution in [2.24, 2.45) is 0 Å². The summed E-state index contributed by atoms with van der Waals surface area (Å²) >= 11 is 0. The van der Waals surface area contributed by atoms with Crippen LogP contribution in [0.25, 0.3) is 10.9 Å². The van der Waals surface area contributed by atoms with Crippen LogP contribution in [0.1, 0.15) is 65.6 Å². The molecule has 0 N–H and O–H groups in total. The summed E-state index contributed by atoms with van der Waals surface area (Å²) in [6, 6.07) is 7.82. The molecule has 1 heterocycles. The summed E-state index contributed by atoms with van der Waals surface area (Å²) in [6.07, 6.45) is 1.96. The SMILES string of the molecule is CCCC(C)(C)c1nc2ccc(C(C)(C)C)cc2cc1F. The molecular formula is C19H26FN. The van der Waals surface area contributed by atoms with Crippen molar-refractivity contribution in [1.29, 1.82) is 0 Å². The molecule has 114 valence electrons. The fourth-order valence-corrected chi connectivity index (χ4v) is 2.84. The maximum absolute atomic E-state index is 14.5. The van der Waals surface area contributed by atoms with Gasteiger partial charge in [0.15, 0.2) is 0 Å². The molecule has 0 saturated carbocycles. The number of fused-ring (bicyclic) bond motifs is 1. The third kappa shape index (κ3) is 3.25. The number of halogens is 1. The number of hydrogen-bond donors (Lipinski definition) is 0. The lowest BCUT2D eigenvalue weighted by atomic mass is 9.83. The predicted octanol–water partition coefficient (Wildman–Crippen LogP) is 5.75. The minimum Gasteiger partial charge on any atom is -0.249 e. The van der Waals surface area contributed by atoms with Crippen LogP contribution in [0.15, 0.2) is 24.3 Å². The molecule has 0 aliphatic rings. The van der Waals surface area contributed by atoms with Crippen molar-refractivity contribution in [2.45, 2.75) is 65.2 Å². The van der Waals surface area contributed by atoms with Crippen LogP contribution in [0.4, 0.5) is 4.39 Å². The van der Waals surface area contributed by atoms with Gasteiger partial charge in [0.25, 0.3) is 0 Å². The van der Waals surface area contributed by atoms with E-state index in [9.17, 15) is 4.39 Å². The highest BCUT2D eigenvalue weighted by Gasteiger charge is 2.25. The third-order valence-electron chi connectivity index (χ3n) is 4.15. The second-order valence-corrected chi connectivity index (χ2v) is 7.61. The van der Waals surface area contributed by atoms with Crippen LogP contribution in [0.2, 0.25) is 0 Å². The number of pyridine rings is 1. The number of hydrogen-bond acceptors (Lipinski definition) is 1. The van der Waals surface area contributed by atoms with Crippen molar-refractivity contribution in [2.75, 3.05) is 0 Å². The standard InChI is InChI=1S/C19H26FN/c1-7-10-19(5,6)17-15(20)12-13-11-14(18(2,3)4)8-9-16(13)21-17/h8-9,11-12H,7,10H2,1-6H3. The Hall–Kier alpha value is -1.44.